The predicted octanol–water partition coefficient (Wildman–Crippen LogP) is 1.99. The number of nitrogens with two attached hydrogens (primary N) is 1. The number of rotatable bonds is 3. The fourth-order valence-electron chi connectivity index (χ4n) is 2.02. The summed E-state index contributed by atoms with van der Waals surface area (Å²) < 4.78 is 10.9. The highest BCUT2D eigenvalue weighted by Gasteiger charge is 2.21. The Morgan fingerprint density at radius 1 is 1.56 bits per heavy atom. The molecule has 4 heteroatoms. The lowest BCUT2D eigenvalue weighted by molar-refractivity contribution is 0.325. The lowest BCUT2D eigenvalue weighted by atomic mass is 9.96. The monoisotopic (exact) mass is 240 g/mol. The average molecular weight is 241 g/mol. The third-order valence-corrected chi connectivity index (χ3v) is 3.00. The molecule has 0 atom stereocenters. The van der Waals surface area contributed by atoms with Crippen molar-refractivity contribution in [3.8, 4) is 11.5 Å². The summed E-state index contributed by atoms with van der Waals surface area (Å²) in [5.74, 6) is 1.58. The summed E-state index contributed by atoms with van der Waals surface area (Å²) in [5.41, 5.74) is 7.84. The van der Waals surface area contributed by atoms with Gasteiger partial charge in [0.15, 0.2) is 0 Å². The molecule has 2 rings (SSSR count). The van der Waals surface area contributed by atoms with Crippen LogP contribution < -0.4 is 15.2 Å². The topological polar surface area (TPSA) is 44.5 Å². The van der Waals surface area contributed by atoms with Crippen molar-refractivity contribution >= 4 is 11.6 Å². The smallest absolute Gasteiger partial charge is 0.141 e. The molecule has 16 heavy (non-hydrogen) atoms. The Balaban J connectivity index is 2.54. The second-order valence-electron chi connectivity index (χ2n) is 3.69. The molecule has 0 aromatic heterocycles. The Hall–Kier alpha value is -0.930. The molecule has 1 aliphatic heterocycles. The van der Waals surface area contributed by atoms with Crippen LogP contribution in [0.15, 0.2) is 6.07 Å². The first-order chi connectivity index (χ1) is 7.77. The van der Waals surface area contributed by atoms with Crippen LogP contribution in [0, 0.1) is 6.42 Å². The maximum Gasteiger partial charge on any atom is 0.141 e. The maximum absolute atomic E-state index is 6.15. The van der Waals surface area contributed by atoms with Gasteiger partial charge in [-0.25, -0.2) is 0 Å². The van der Waals surface area contributed by atoms with Gasteiger partial charge in [-0.1, -0.05) is 11.6 Å². The molecule has 0 spiro atoms. The van der Waals surface area contributed by atoms with Gasteiger partial charge >= 0.3 is 0 Å². The minimum absolute atomic E-state index is 0.588. The van der Waals surface area contributed by atoms with Crippen molar-refractivity contribution in [3.05, 3.63) is 28.6 Å². The van der Waals surface area contributed by atoms with Crippen molar-refractivity contribution in [3.63, 3.8) is 0 Å². The molecule has 0 unspecified atom stereocenters. The molecule has 0 fully saturated rings. The predicted molar refractivity (Wildman–Crippen MR) is 64.3 cm³/mol. The summed E-state index contributed by atoms with van der Waals surface area (Å²) in [6, 6.07) is 1.80. The highest BCUT2D eigenvalue weighted by atomic mass is 35.5. The van der Waals surface area contributed by atoms with E-state index in [0.717, 1.165) is 35.5 Å². The van der Waals surface area contributed by atoms with Crippen LogP contribution in [0.1, 0.15) is 11.1 Å². The van der Waals surface area contributed by atoms with E-state index in [-0.39, 0.29) is 0 Å². The second kappa shape index (κ2) is 4.93. The number of ether oxygens (including phenoxy) is 2. The number of halogens is 1. The zero-order valence-electron chi connectivity index (χ0n) is 9.25. The van der Waals surface area contributed by atoms with E-state index in [1.54, 1.807) is 13.2 Å². The van der Waals surface area contributed by atoms with Gasteiger partial charge in [0.2, 0.25) is 0 Å². The van der Waals surface area contributed by atoms with Gasteiger partial charge in [-0.3, -0.25) is 0 Å². The van der Waals surface area contributed by atoms with Crippen LogP contribution in [0.4, 0.5) is 0 Å². The van der Waals surface area contributed by atoms with Gasteiger partial charge in [0.25, 0.3) is 0 Å². The summed E-state index contributed by atoms with van der Waals surface area (Å²) in [6.07, 6.45) is 3.72. The van der Waals surface area contributed by atoms with E-state index in [2.05, 4.69) is 6.42 Å². The van der Waals surface area contributed by atoms with Crippen LogP contribution in [-0.4, -0.2) is 20.3 Å². The molecular weight excluding hydrogens is 226 g/mol. The van der Waals surface area contributed by atoms with Gasteiger partial charge in [-0.15, -0.1) is 0 Å². The molecule has 3 nitrogen and oxygen atoms in total. The van der Waals surface area contributed by atoms with Crippen molar-refractivity contribution in [1.82, 2.24) is 0 Å². The fourth-order valence-corrected chi connectivity index (χ4v) is 2.28. The minimum atomic E-state index is 0.588. The van der Waals surface area contributed by atoms with Crippen molar-refractivity contribution in [2.45, 2.75) is 12.8 Å². The van der Waals surface area contributed by atoms with Crippen molar-refractivity contribution in [2.75, 3.05) is 20.3 Å². The van der Waals surface area contributed by atoms with E-state index in [1.807, 2.05) is 0 Å². The van der Waals surface area contributed by atoms with E-state index < -0.39 is 0 Å². The van der Waals surface area contributed by atoms with Gasteiger partial charge < -0.3 is 15.2 Å². The lowest BCUT2D eigenvalue weighted by Gasteiger charge is -2.23. The lowest BCUT2D eigenvalue weighted by Crippen LogP contribution is -2.15. The van der Waals surface area contributed by atoms with Gasteiger partial charge in [-0.2, -0.15) is 0 Å². The first-order valence-corrected chi connectivity index (χ1v) is 5.68. The Labute approximate surface area is 100 Å². The van der Waals surface area contributed by atoms with Crippen LogP contribution in [0.2, 0.25) is 5.02 Å². The van der Waals surface area contributed by atoms with Crippen molar-refractivity contribution in [2.24, 2.45) is 5.73 Å². The summed E-state index contributed by atoms with van der Waals surface area (Å²) in [5, 5.41) is 0.612. The highest BCUT2D eigenvalue weighted by Crippen LogP contribution is 2.40. The first-order valence-electron chi connectivity index (χ1n) is 5.30. The number of fused-ring (bicyclic) bond motifs is 1. The van der Waals surface area contributed by atoms with Crippen LogP contribution in [0.5, 0.6) is 11.5 Å². The molecule has 1 aromatic rings. The van der Waals surface area contributed by atoms with Crippen LogP contribution in [0.3, 0.4) is 0 Å². The zero-order valence-corrected chi connectivity index (χ0v) is 10.0. The van der Waals surface area contributed by atoms with Crippen LogP contribution in [-0.2, 0) is 12.8 Å². The largest absolute Gasteiger partial charge is 0.496 e. The van der Waals surface area contributed by atoms with Gasteiger partial charge in [0.1, 0.15) is 11.5 Å². The summed E-state index contributed by atoms with van der Waals surface area (Å²) in [6.45, 7) is 1.20. The molecule has 87 valence electrons. The van der Waals surface area contributed by atoms with E-state index in [4.69, 9.17) is 26.8 Å². The highest BCUT2D eigenvalue weighted by molar-refractivity contribution is 6.32. The van der Waals surface area contributed by atoms with Gasteiger partial charge in [0, 0.05) is 23.6 Å². The maximum atomic E-state index is 6.15. The molecule has 0 aliphatic carbocycles. The average Bonchev–Trinajstić information content (AvgIpc) is 2.33. The molecular formula is C12H15ClNO2. The third-order valence-electron chi connectivity index (χ3n) is 2.72. The number of methoxy groups -OCH3 is 1. The molecule has 0 saturated heterocycles. The van der Waals surface area contributed by atoms with Crippen molar-refractivity contribution in [1.29, 1.82) is 0 Å². The Morgan fingerprint density at radius 2 is 2.38 bits per heavy atom. The Bertz CT molecular complexity index is 393. The van der Waals surface area contributed by atoms with Crippen molar-refractivity contribution < 1.29 is 9.47 Å². The molecule has 2 N–H and O–H groups in total. The molecule has 1 radical (unpaired) electrons. The SMILES string of the molecule is COc1cc(Cl)c2c(c1CCN)C[CH]CO2. The minimum Gasteiger partial charge on any atom is -0.496 e. The number of hydrogen-bond donors (Lipinski definition) is 1. The second-order valence-corrected chi connectivity index (χ2v) is 4.10. The third kappa shape index (κ3) is 1.97. The Morgan fingerprint density at radius 3 is 3.06 bits per heavy atom. The zero-order chi connectivity index (χ0) is 11.5. The molecule has 0 bridgehead atoms. The summed E-state index contributed by atoms with van der Waals surface area (Å²) >= 11 is 6.15. The van der Waals surface area contributed by atoms with E-state index in [0.29, 0.717) is 18.2 Å². The van der Waals surface area contributed by atoms with E-state index >= 15 is 0 Å². The summed E-state index contributed by atoms with van der Waals surface area (Å²) in [7, 11) is 1.64. The van der Waals surface area contributed by atoms with Crippen LogP contribution >= 0.6 is 11.6 Å². The van der Waals surface area contributed by atoms with Crippen LogP contribution in [0.25, 0.3) is 0 Å². The van der Waals surface area contributed by atoms with E-state index in [1.165, 1.54) is 0 Å². The molecule has 1 aromatic carbocycles. The molecule has 1 heterocycles. The molecule has 0 amide bonds. The Kier molecular flexibility index (Phi) is 3.56. The molecule has 1 aliphatic rings. The molecule has 0 saturated carbocycles. The quantitative estimate of drug-likeness (QED) is 0.879. The summed E-state index contributed by atoms with van der Waals surface area (Å²) in [4.78, 5) is 0. The first kappa shape index (κ1) is 11.6. The number of benzene rings is 1. The van der Waals surface area contributed by atoms with Gasteiger partial charge in [0.05, 0.1) is 18.7 Å². The number of hydrogen-bond acceptors (Lipinski definition) is 3. The fraction of sp³-hybridized carbons (Fsp3) is 0.417. The normalized spacial score (nSPS) is 14.2. The van der Waals surface area contributed by atoms with E-state index in [9.17, 15) is 0 Å². The standard InChI is InChI=1S/C12H15ClNO2/c1-15-11-7-10(13)12-9(3-2-6-16-12)8(11)4-5-14/h2,7H,3-6,14H2,1H3. The van der Waals surface area contributed by atoms with Gasteiger partial charge in [-0.05, 0) is 19.4 Å².